The molecule has 1 aromatic heterocycles. The first-order valence-corrected chi connectivity index (χ1v) is 6.83. The summed E-state index contributed by atoms with van der Waals surface area (Å²) in [6, 6.07) is 10.0. The number of aromatic hydroxyl groups is 1. The van der Waals surface area contributed by atoms with E-state index in [1.807, 2.05) is 0 Å². The summed E-state index contributed by atoms with van der Waals surface area (Å²) >= 11 is 12.0. The molecule has 3 rings (SSSR count). The van der Waals surface area contributed by atoms with Gasteiger partial charge in [0.05, 0.1) is 21.4 Å². The maximum Gasteiger partial charge on any atom is 0.231 e. The number of pyridine rings is 1. The van der Waals surface area contributed by atoms with Gasteiger partial charge in [0.1, 0.15) is 0 Å². The SMILES string of the molecule is Nc1c(Cl)cc(-c2[nH]c3ccccc3c(=O)c2O)cc1Cl. The number of nitrogen functional groups attached to an aromatic ring is 1. The van der Waals surface area contributed by atoms with Crippen LogP contribution in [0.3, 0.4) is 0 Å². The van der Waals surface area contributed by atoms with E-state index >= 15 is 0 Å². The maximum atomic E-state index is 12.2. The average Bonchev–Trinajstić information content (AvgIpc) is 2.48. The maximum absolute atomic E-state index is 12.2. The number of hydrogen-bond donors (Lipinski definition) is 3. The van der Waals surface area contributed by atoms with E-state index in [4.69, 9.17) is 28.9 Å². The predicted molar refractivity (Wildman–Crippen MR) is 86.1 cm³/mol. The van der Waals surface area contributed by atoms with Gasteiger partial charge in [-0.05, 0) is 24.3 Å². The lowest BCUT2D eigenvalue weighted by molar-refractivity contribution is 0.471. The van der Waals surface area contributed by atoms with Crippen LogP contribution in [0.2, 0.25) is 10.0 Å². The molecule has 1 heterocycles. The number of aromatic amines is 1. The molecule has 0 bridgehead atoms. The van der Waals surface area contributed by atoms with Gasteiger partial charge in [0.25, 0.3) is 0 Å². The van der Waals surface area contributed by atoms with Crippen LogP contribution in [0.4, 0.5) is 5.69 Å². The number of para-hydroxylation sites is 1. The minimum Gasteiger partial charge on any atom is -0.503 e. The third-order valence-corrected chi connectivity index (χ3v) is 3.88. The molecular formula is C15H10Cl2N2O2. The molecule has 6 heteroatoms. The Morgan fingerprint density at radius 2 is 1.71 bits per heavy atom. The molecule has 0 radical (unpaired) electrons. The van der Waals surface area contributed by atoms with Gasteiger partial charge in [-0.2, -0.15) is 0 Å². The Hall–Kier alpha value is -2.17. The van der Waals surface area contributed by atoms with Crippen LogP contribution in [0.15, 0.2) is 41.2 Å². The van der Waals surface area contributed by atoms with Crippen molar-refractivity contribution < 1.29 is 5.11 Å². The fourth-order valence-electron chi connectivity index (χ4n) is 2.16. The van der Waals surface area contributed by atoms with Gasteiger partial charge in [-0.1, -0.05) is 35.3 Å². The van der Waals surface area contributed by atoms with E-state index in [0.717, 1.165) is 0 Å². The summed E-state index contributed by atoms with van der Waals surface area (Å²) in [6.07, 6.45) is 0. The highest BCUT2D eigenvalue weighted by Gasteiger charge is 2.14. The summed E-state index contributed by atoms with van der Waals surface area (Å²) in [6.45, 7) is 0. The van der Waals surface area contributed by atoms with Gasteiger partial charge in [-0.15, -0.1) is 0 Å². The van der Waals surface area contributed by atoms with Crippen LogP contribution in [0.1, 0.15) is 0 Å². The van der Waals surface area contributed by atoms with Crippen molar-refractivity contribution >= 4 is 39.8 Å². The molecule has 106 valence electrons. The van der Waals surface area contributed by atoms with Gasteiger partial charge in [0.15, 0.2) is 5.75 Å². The molecule has 4 N–H and O–H groups in total. The molecule has 21 heavy (non-hydrogen) atoms. The molecule has 0 amide bonds. The van der Waals surface area contributed by atoms with E-state index in [0.29, 0.717) is 16.5 Å². The number of benzene rings is 2. The van der Waals surface area contributed by atoms with Gasteiger partial charge < -0.3 is 15.8 Å². The second-order valence-electron chi connectivity index (χ2n) is 4.58. The van der Waals surface area contributed by atoms with E-state index in [1.54, 1.807) is 36.4 Å². The highest BCUT2D eigenvalue weighted by molar-refractivity contribution is 6.39. The molecule has 2 aromatic carbocycles. The van der Waals surface area contributed by atoms with Crippen LogP contribution in [-0.4, -0.2) is 10.1 Å². The lowest BCUT2D eigenvalue weighted by Gasteiger charge is -2.10. The Morgan fingerprint density at radius 1 is 1.10 bits per heavy atom. The Labute approximate surface area is 129 Å². The molecule has 0 aliphatic carbocycles. The summed E-state index contributed by atoms with van der Waals surface area (Å²) < 4.78 is 0. The van der Waals surface area contributed by atoms with Crippen LogP contribution < -0.4 is 11.2 Å². The van der Waals surface area contributed by atoms with Gasteiger partial charge >= 0.3 is 0 Å². The van der Waals surface area contributed by atoms with E-state index in [9.17, 15) is 9.90 Å². The van der Waals surface area contributed by atoms with E-state index in [-0.39, 0.29) is 27.2 Å². The van der Waals surface area contributed by atoms with Crippen molar-refractivity contribution in [3.63, 3.8) is 0 Å². The van der Waals surface area contributed by atoms with Crippen molar-refractivity contribution in [2.75, 3.05) is 5.73 Å². The van der Waals surface area contributed by atoms with Crippen LogP contribution in [0.25, 0.3) is 22.2 Å². The van der Waals surface area contributed by atoms with Crippen molar-refractivity contribution in [3.05, 3.63) is 56.7 Å². The molecule has 0 saturated carbocycles. The summed E-state index contributed by atoms with van der Waals surface area (Å²) in [4.78, 5) is 15.2. The lowest BCUT2D eigenvalue weighted by Crippen LogP contribution is -2.05. The Balaban J connectivity index is 2.35. The molecule has 4 nitrogen and oxygen atoms in total. The van der Waals surface area contributed by atoms with E-state index in [1.165, 1.54) is 0 Å². The van der Waals surface area contributed by atoms with Crippen molar-refractivity contribution in [2.24, 2.45) is 0 Å². The molecule has 0 spiro atoms. The molecule has 0 aliphatic heterocycles. The zero-order chi connectivity index (χ0) is 15.1. The number of H-pyrrole nitrogens is 1. The van der Waals surface area contributed by atoms with Gasteiger partial charge in [0.2, 0.25) is 5.43 Å². The topological polar surface area (TPSA) is 79.1 Å². The lowest BCUT2D eigenvalue weighted by atomic mass is 10.1. The van der Waals surface area contributed by atoms with E-state index in [2.05, 4.69) is 4.98 Å². The van der Waals surface area contributed by atoms with E-state index < -0.39 is 5.43 Å². The second-order valence-corrected chi connectivity index (χ2v) is 5.39. The Morgan fingerprint density at radius 3 is 2.38 bits per heavy atom. The Kier molecular flexibility index (Phi) is 3.27. The fourth-order valence-corrected chi connectivity index (χ4v) is 2.65. The van der Waals surface area contributed by atoms with Crippen LogP contribution in [0.5, 0.6) is 5.75 Å². The monoisotopic (exact) mass is 320 g/mol. The standard InChI is InChI=1S/C15H10Cl2N2O2/c16-9-5-7(6-10(17)12(9)18)13-15(21)14(20)8-3-1-2-4-11(8)19-13/h1-6,21H,18H2,(H,19,20). The number of halogens is 2. The zero-order valence-corrected chi connectivity index (χ0v) is 12.2. The van der Waals surface area contributed by atoms with Gasteiger partial charge in [-0.3, -0.25) is 4.79 Å². The van der Waals surface area contributed by atoms with Crippen molar-refractivity contribution in [2.45, 2.75) is 0 Å². The first kappa shape index (κ1) is 13.8. The zero-order valence-electron chi connectivity index (χ0n) is 10.7. The highest BCUT2D eigenvalue weighted by atomic mass is 35.5. The second kappa shape index (κ2) is 4.98. The average molecular weight is 321 g/mol. The first-order chi connectivity index (χ1) is 9.99. The summed E-state index contributed by atoms with van der Waals surface area (Å²) in [7, 11) is 0. The van der Waals surface area contributed by atoms with Crippen LogP contribution in [0, 0.1) is 0 Å². The third kappa shape index (κ3) is 2.22. The number of hydrogen-bond acceptors (Lipinski definition) is 3. The summed E-state index contributed by atoms with van der Waals surface area (Å²) in [5.41, 5.74) is 6.84. The minimum absolute atomic E-state index is 0.252. The van der Waals surface area contributed by atoms with Gasteiger partial charge in [-0.25, -0.2) is 0 Å². The largest absolute Gasteiger partial charge is 0.503 e. The minimum atomic E-state index is -0.455. The number of rotatable bonds is 1. The fraction of sp³-hybridized carbons (Fsp3) is 0. The summed E-state index contributed by atoms with van der Waals surface area (Å²) in [5.74, 6) is -0.384. The molecule has 0 saturated heterocycles. The quantitative estimate of drug-likeness (QED) is 0.597. The number of aromatic nitrogens is 1. The molecule has 0 atom stereocenters. The van der Waals surface area contributed by atoms with Crippen molar-refractivity contribution in [1.29, 1.82) is 0 Å². The van der Waals surface area contributed by atoms with Crippen molar-refractivity contribution in [3.8, 4) is 17.0 Å². The summed E-state index contributed by atoms with van der Waals surface area (Å²) in [5, 5.41) is 11.1. The normalized spacial score (nSPS) is 11.0. The van der Waals surface area contributed by atoms with Crippen LogP contribution >= 0.6 is 23.2 Å². The first-order valence-electron chi connectivity index (χ1n) is 6.08. The third-order valence-electron chi connectivity index (χ3n) is 3.25. The molecular weight excluding hydrogens is 311 g/mol. The number of fused-ring (bicyclic) bond motifs is 1. The van der Waals surface area contributed by atoms with Crippen molar-refractivity contribution in [1.82, 2.24) is 4.98 Å². The Bertz CT molecular complexity index is 896. The van der Waals surface area contributed by atoms with Crippen LogP contribution in [-0.2, 0) is 0 Å². The molecule has 3 aromatic rings. The molecule has 0 aliphatic rings. The van der Waals surface area contributed by atoms with Gasteiger partial charge in [0, 0.05) is 16.5 Å². The predicted octanol–water partition coefficient (Wildman–Crippen LogP) is 3.79. The smallest absolute Gasteiger partial charge is 0.231 e. The number of anilines is 1. The molecule has 0 fully saturated rings. The number of nitrogens with one attached hydrogen (secondary N) is 1. The highest BCUT2D eigenvalue weighted by Crippen LogP contribution is 2.35. The number of nitrogens with two attached hydrogens (primary N) is 1. The molecule has 0 unspecified atom stereocenters.